The minimum Gasteiger partial charge on any atom is -0.275 e. The molecule has 0 radical (unpaired) electrons. The van der Waals surface area contributed by atoms with E-state index >= 15 is 0 Å². The molecule has 0 fully saturated rings. The van der Waals surface area contributed by atoms with Gasteiger partial charge in [-0.15, -0.1) is 0 Å². The topological polar surface area (TPSA) is 103 Å². The average molecular weight is 265 g/mol. The van der Waals surface area contributed by atoms with Crippen molar-refractivity contribution in [1.29, 1.82) is 0 Å². The first-order valence-electron chi connectivity index (χ1n) is 3.66. The third-order valence-corrected chi connectivity index (χ3v) is 2.18. The molecule has 0 unspecified atom stereocenters. The number of benzene rings is 1. The first-order valence-corrected chi connectivity index (χ1v) is 4.42. The summed E-state index contributed by atoms with van der Waals surface area (Å²) >= 11 is 10.6. The number of nitro groups is 2. The molecule has 0 aliphatic rings. The highest BCUT2D eigenvalue weighted by molar-refractivity contribution is 6.68. The van der Waals surface area contributed by atoms with Crippen molar-refractivity contribution in [2.45, 2.75) is 0 Å². The molecule has 0 saturated carbocycles. The van der Waals surface area contributed by atoms with E-state index in [1.54, 1.807) is 0 Å². The van der Waals surface area contributed by atoms with Crippen LogP contribution in [0.4, 0.5) is 11.4 Å². The van der Waals surface area contributed by atoms with Crippen molar-refractivity contribution in [1.82, 2.24) is 0 Å². The molecule has 0 saturated heterocycles. The SMILES string of the molecule is O=C(Cl)c1cc(Cl)c([N+](=O)[O-])cc1[N+](=O)[O-]. The Morgan fingerprint density at radius 3 is 2.00 bits per heavy atom. The van der Waals surface area contributed by atoms with Crippen LogP contribution in [0.3, 0.4) is 0 Å². The lowest BCUT2D eigenvalue weighted by molar-refractivity contribution is -0.394. The van der Waals surface area contributed by atoms with E-state index in [-0.39, 0.29) is 5.02 Å². The Kier molecular flexibility index (Phi) is 3.41. The molecular weight excluding hydrogens is 263 g/mol. The molecule has 0 bridgehead atoms. The Hall–Kier alpha value is -1.73. The lowest BCUT2D eigenvalue weighted by atomic mass is 10.2. The number of nitro benzene ring substituents is 2. The molecule has 1 rings (SSSR count). The average Bonchev–Trinajstić information content (AvgIpc) is 2.15. The summed E-state index contributed by atoms with van der Waals surface area (Å²) in [5, 5.41) is 19.5. The van der Waals surface area contributed by atoms with Gasteiger partial charge in [-0.25, -0.2) is 0 Å². The van der Waals surface area contributed by atoms with E-state index in [0.29, 0.717) is 6.07 Å². The van der Waals surface area contributed by atoms with E-state index in [2.05, 4.69) is 0 Å². The van der Waals surface area contributed by atoms with Gasteiger partial charge in [-0.3, -0.25) is 25.0 Å². The smallest absolute Gasteiger partial charge is 0.275 e. The first kappa shape index (κ1) is 12.3. The van der Waals surface area contributed by atoms with Crippen molar-refractivity contribution in [2.24, 2.45) is 0 Å². The van der Waals surface area contributed by atoms with E-state index in [1.807, 2.05) is 0 Å². The molecular formula is C7H2Cl2N2O5. The standard InChI is InChI=1S/C7H2Cl2N2O5/c8-4-1-3(7(9)12)5(10(13)14)2-6(4)11(15)16/h1-2H. The lowest BCUT2D eigenvalue weighted by Gasteiger charge is -1.99. The number of hydrogen-bond acceptors (Lipinski definition) is 5. The van der Waals surface area contributed by atoms with Gasteiger partial charge in [0.15, 0.2) is 0 Å². The summed E-state index contributed by atoms with van der Waals surface area (Å²) in [6.07, 6.45) is 0. The molecule has 0 aliphatic carbocycles. The fourth-order valence-corrected chi connectivity index (χ4v) is 1.38. The summed E-state index contributed by atoms with van der Waals surface area (Å²) in [6, 6.07) is 1.39. The summed E-state index contributed by atoms with van der Waals surface area (Å²) in [6.45, 7) is 0. The molecule has 0 spiro atoms. The molecule has 1 aromatic rings. The van der Waals surface area contributed by atoms with Crippen LogP contribution in [-0.4, -0.2) is 15.1 Å². The Morgan fingerprint density at radius 1 is 1.12 bits per heavy atom. The molecule has 7 nitrogen and oxygen atoms in total. The fraction of sp³-hybridized carbons (Fsp3) is 0. The third kappa shape index (κ3) is 2.26. The van der Waals surface area contributed by atoms with Crippen molar-refractivity contribution < 1.29 is 14.6 Å². The molecule has 84 valence electrons. The molecule has 0 amide bonds. The van der Waals surface area contributed by atoms with Crippen LogP contribution in [-0.2, 0) is 0 Å². The molecule has 1 aromatic carbocycles. The lowest BCUT2D eigenvalue weighted by Crippen LogP contribution is -2.00. The van der Waals surface area contributed by atoms with Crippen LogP contribution in [0.5, 0.6) is 0 Å². The zero-order chi connectivity index (χ0) is 12.5. The van der Waals surface area contributed by atoms with Gasteiger partial charge in [0.05, 0.1) is 15.9 Å². The largest absolute Gasteiger partial charge is 0.294 e. The monoisotopic (exact) mass is 264 g/mol. The second-order valence-electron chi connectivity index (χ2n) is 2.61. The minimum absolute atomic E-state index is 0.389. The van der Waals surface area contributed by atoms with Crippen molar-refractivity contribution in [3.63, 3.8) is 0 Å². The summed E-state index contributed by atoms with van der Waals surface area (Å²) < 4.78 is 0. The molecule has 0 N–H and O–H groups in total. The maximum Gasteiger partial charge on any atom is 0.294 e. The molecule has 0 aromatic heterocycles. The van der Waals surface area contributed by atoms with E-state index < -0.39 is 32.0 Å². The minimum atomic E-state index is -1.11. The Bertz CT molecular complexity index is 502. The maximum atomic E-state index is 10.8. The summed E-state index contributed by atoms with van der Waals surface area (Å²) in [5.74, 6) is 0. The molecule has 0 atom stereocenters. The maximum absolute atomic E-state index is 10.8. The summed E-state index contributed by atoms with van der Waals surface area (Å²) in [4.78, 5) is 30.0. The molecule has 0 aliphatic heterocycles. The van der Waals surface area contributed by atoms with Gasteiger partial charge in [0.25, 0.3) is 16.6 Å². The van der Waals surface area contributed by atoms with Crippen LogP contribution in [0.25, 0.3) is 0 Å². The van der Waals surface area contributed by atoms with E-state index in [4.69, 9.17) is 23.2 Å². The zero-order valence-corrected chi connectivity index (χ0v) is 8.86. The number of nitrogens with zero attached hydrogens (tertiary/aromatic N) is 2. The Balaban J connectivity index is 3.55. The van der Waals surface area contributed by atoms with E-state index in [9.17, 15) is 25.0 Å². The van der Waals surface area contributed by atoms with Crippen LogP contribution < -0.4 is 0 Å². The van der Waals surface area contributed by atoms with Gasteiger partial charge in [-0.1, -0.05) is 11.6 Å². The van der Waals surface area contributed by atoms with Crippen LogP contribution in [0.1, 0.15) is 10.4 Å². The third-order valence-electron chi connectivity index (χ3n) is 1.67. The second-order valence-corrected chi connectivity index (χ2v) is 3.36. The number of carbonyl (C=O) groups is 1. The van der Waals surface area contributed by atoms with Gasteiger partial charge in [0, 0.05) is 0 Å². The molecule has 9 heteroatoms. The Morgan fingerprint density at radius 2 is 1.62 bits per heavy atom. The Labute approximate surface area is 97.9 Å². The van der Waals surface area contributed by atoms with Crippen molar-refractivity contribution in [3.05, 3.63) is 42.9 Å². The predicted molar refractivity (Wildman–Crippen MR) is 54.9 cm³/mol. The number of halogens is 2. The van der Waals surface area contributed by atoms with Crippen LogP contribution in [0.2, 0.25) is 5.02 Å². The normalized spacial score (nSPS) is 9.88. The van der Waals surface area contributed by atoms with Gasteiger partial charge < -0.3 is 0 Å². The van der Waals surface area contributed by atoms with Crippen molar-refractivity contribution in [2.75, 3.05) is 0 Å². The molecule has 0 heterocycles. The molecule has 16 heavy (non-hydrogen) atoms. The summed E-state index contributed by atoms with van der Waals surface area (Å²) in [5.41, 5.74) is -1.89. The van der Waals surface area contributed by atoms with Crippen LogP contribution in [0.15, 0.2) is 12.1 Å². The highest BCUT2D eigenvalue weighted by atomic mass is 35.5. The van der Waals surface area contributed by atoms with Gasteiger partial charge >= 0.3 is 0 Å². The predicted octanol–water partition coefficient (Wildman–Crippen LogP) is 2.54. The van der Waals surface area contributed by atoms with Gasteiger partial charge in [-0.2, -0.15) is 0 Å². The van der Waals surface area contributed by atoms with Gasteiger partial charge in [0.2, 0.25) is 0 Å². The number of rotatable bonds is 3. The van der Waals surface area contributed by atoms with E-state index in [0.717, 1.165) is 6.07 Å². The van der Waals surface area contributed by atoms with Crippen molar-refractivity contribution in [3.8, 4) is 0 Å². The van der Waals surface area contributed by atoms with Gasteiger partial charge in [-0.05, 0) is 17.7 Å². The van der Waals surface area contributed by atoms with Gasteiger partial charge in [0.1, 0.15) is 10.6 Å². The van der Waals surface area contributed by atoms with E-state index in [1.165, 1.54) is 0 Å². The zero-order valence-electron chi connectivity index (χ0n) is 7.35. The quantitative estimate of drug-likeness (QED) is 0.474. The number of carbonyl (C=O) groups excluding carboxylic acids is 1. The fourth-order valence-electron chi connectivity index (χ4n) is 0.999. The van der Waals surface area contributed by atoms with Crippen molar-refractivity contribution >= 4 is 39.8 Å². The highest BCUT2D eigenvalue weighted by Gasteiger charge is 2.26. The summed E-state index contributed by atoms with van der Waals surface area (Å²) in [7, 11) is 0. The first-order chi connectivity index (χ1) is 7.34. The second kappa shape index (κ2) is 4.42. The highest BCUT2D eigenvalue weighted by Crippen LogP contribution is 2.32. The van der Waals surface area contributed by atoms with Crippen LogP contribution >= 0.6 is 23.2 Å². The number of hydrogen-bond donors (Lipinski definition) is 0. The van der Waals surface area contributed by atoms with Crippen LogP contribution in [0, 0.1) is 20.2 Å².